The first kappa shape index (κ1) is 11.0. The van der Waals surface area contributed by atoms with Gasteiger partial charge in [0.25, 0.3) is 0 Å². The summed E-state index contributed by atoms with van der Waals surface area (Å²) < 4.78 is 10.5. The summed E-state index contributed by atoms with van der Waals surface area (Å²) >= 11 is 0. The van der Waals surface area contributed by atoms with Crippen LogP contribution in [0.5, 0.6) is 0 Å². The van der Waals surface area contributed by atoms with Gasteiger partial charge in [-0.05, 0) is 25.7 Å². The van der Waals surface area contributed by atoms with Crippen molar-refractivity contribution in [3.8, 4) is 0 Å². The molecule has 0 spiro atoms. The largest absolute Gasteiger partial charge is 0.373 e. The van der Waals surface area contributed by atoms with Crippen LogP contribution in [0.1, 0.15) is 38.5 Å². The van der Waals surface area contributed by atoms with Gasteiger partial charge in [0.2, 0.25) is 0 Å². The SMILES string of the molecule is OC1(O)CCCCC1(CC1CO1)CC1CO1. The molecule has 0 bridgehead atoms. The van der Waals surface area contributed by atoms with Crippen molar-refractivity contribution >= 4 is 0 Å². The first-order valence-electron chi connectivity index (χ1n) is 6.29. The molecule has 3 rings (SSSR count). The zero-order valence-electron chi connectivity index (χ0n) is 9.52. The maximum absolute atomic E-state index is 10.3. The van der Waals surface area contributed by atoms with Gasteiger partial charge in [0.1, 0.15) is 0 Å². The van der Waals surface area contributed by atoms with Crippen LogP contribution in [0.25, 0.3) is 0 Å². The monoisotopic (exact) mass is 228 g/mol. The second kappa shape index (κ2) is 3.67. The van der Waals surface area contributed by atoms with E-state index in [1.165, 1.54) is 0 Å². The van der Waals surface area contributed by atoms with E-state index in [2.05, 4.69) is 0 Å². The number of hydrogen-bond acceptors (Lipinski definition) is 4. The first-order valence-corrected chi connectivity index (χ1v) is 6.29. The highest BCUT2D eigenvalue weighted by Crippen LogP contribution is 2.52. The predicted molar refractivity (Wildman–Crippen MR) is 56.8 cm³/mol. The van der Waals surface area contributed by atoms with E-state index in [4.69, 9.17) is 9.47 Å². The predicted octanol–water partition coefficient (Wildman–Crippen LogP) is 0.805. The summed E-state index contributed by atoms with van der Waals surface area (Å²) in [7, 11) is 0. The molecule has 2 N–H and O–H groups in total. The maximum Gasteiger partial charge on any atom is 0.168 e. The fraction of sp³-hybridized carbons (Fsp3) is 1.00. The molecule has 16 heavy (non-hydrogen) atoms. The van der Waals surface area contributed by atoms with Crippen LogP contribution in [0, 0.1) is 5.41 Å². The normalized spacial score (nSPS) is 45.4. The average molecular weight is 228 g/mol. The van der Waals surface area contributed by atoms with E-state index in [1.54, 1.807) is 0 Å². The average Bonchev–Trinajstić information content (AvgIpc) is 3.06. The van der Waals surface area contributed by atoms with Crippen molar-refractivity contribution in [2.24, 2.45) is 5.41 Å². The van der Waals surface area contributed by atoms with Crippen LogP contribution in [0.2, 0.25) is 0 Å². The van der Waals surface area contributed by atoms with Gasteiger partial charge in [-0.25, -0.2) is 0 Å². The zero-order chi connectivity index (χ0) is 11.2. The molecule has 92 valence electrons. The van der Waals surface area contributed by atoms with Gasteiger partial charge in [0, 0.05) is 11.8 Å². The summed E-state index contributed by atoms with van der Waals surface area (Å²) in [4.78, 5) is 0. The van der Waals surface area contributed by atoms with Gasteiger partial charge in [-0.1, -0.05) is 6.42 Å². The van der Waals surface area contributed by atoms with E-state index in [9.17, 15) is 10.2 Å². The summed E-state index contributed by atoms with van der Waals surface area (Å²) in [5.74, 6) is -1.52. The van der Waals surface area contributed by atoms with Crippen LogP contribution < -0.4 is 0 Å². The Morgan fingerprint density at radius 1 is 0.938 bits per heavy atom. The molecule has 0 aromatic heterocycles. The number of aliphatic hydroxyl groups is 2. The van der Waals surface area contributed by atoms with E-state index in [0.717, 1.165) is 45.3 Å². The van der Waals surface area contributed by atoms with Gasteiger partial charge in [0.15, 0.2) is 5.79 Å². The molecule has 4 heteroatoms. The molecule has 0 aromatic carbocycles. The molecule has 3 fully saturated rings. The molecule has 3 aliphatic rings. The third-order valence-electron chi connectivity index (χ3n) is 4.32. The molecule has 0 amide bonds. The van der Waals surface area contributed by atoms with Crippen LogP contribution in [-0.2, 0) is 9.47 Å². The molecule has 0 radical (unpaired) electrons. The molecule has 0 aromatic rings. The Balaban J connectivity index is 1.78. The second-order valence-electron chi connectivity index (χ2n) is 5.62. The molecule has 1 aliphatic carbocycles. The van der Waals surface area contributed by atoms with Crippen molar-refractivity contribution in [1.82, 2.24) is 0 Å². The van der Waals surface area contributed by atoms with E-state index < -0.39 is 11.2 Å². The summed E-state index contributed by atoms with van der Waals surface area (Å²) in [6.07, 6.45) is 5.42. The molecule has 1 saturated carbocycles. The summed E-state index contributed by atoms with van der Waals surface area (Å²) in [5.41, 5.74) is -0.395. The molecule has 2 unspecified atom stereocenters. The molecule has 2 atom stereocenters. The van der Waals surface area contributed by atoms with Crippen LogP contribution in [0.4, 0.5) is 0 Å². The molecule has 2 saturated heterocycles. The Kier molecular flexibility index (Phi) is 2.51. The van der Waals surface area contributed by atoms with Crippen LogP contribution in [-0.4, -0.2) is 41.4 Å². The van der Waals surface area contributed by atoms with Crippen molar-refractivity contribution < 1.29 is 19.7 Å². The van der Waals surface area contributed by atoms with Gasteiger partial charge >= 0.3 is 0 Å². The maximum atomic E-state index is 10.3. The zero-order valence-corrected chi connectivity index (χ0v) is 9.52. The molecular formula is C12H20O4. The third kappa shape index (κ3) is 1.99. The minimum absolute atomic E-state index is 0.246. The van der Waals surface area contributed by atoms with Crippen LogP contribution in [0.15, 0.2) is 0 Å². The van der Waals surface area contributed by atoms with E-state index >= 15 is 0 Å². The lowest BCUT2D eigenvalue weighted by Crippen LogP contribution is -2.52. The summed E-state index contributed by atoms with van der Waals surface area (Å²) in [5, 5.41) is 20.6. The van der Waals surface area contributed by atoms with E-state index in [1.807, 2.05) is 0 Å². The van der Waals surface area contributed by atoms with Crippen LogP contribution in [0.3, 0.4) is 0 Å². The lowest BCUT2D eigenvalue weighted by atomic mass is 9.64. The second-order valence-corrected chi connectivity index (χ2v) is 5.62. The summed E-state index contributed by atoms with van der Waals surface area (Å²) in [6, 6.07) is 0. The van der Waals surface area contributed by atoms with Gasteiger partial charge in [-0.3, -0.25) is 0 Å². The van der Waals surface area contributed by atoms with Crippen molar-refractivity contribution in [3.63, 3.8) is 0 Å². The van der Waals surface area contributed by atoms with Crippen molar-refractivity contribution in [3.05, 3.63) is 0 Å². The molecule has 2 heterocycles. The Morgan fingerprint density at radius 3 is 1.88 bits per heavy atom. The van der Waals surface area contributed by atoms with Crippen LogP contribution >= 0.6 is 0 Å². The highest BCUT2D eigenvalue weighted by atomic mass is 16.6. The minimum atomic E-state index is -1.52. The molecule has 4 nitrogen and oxygen atoms in total. The first-order chi connectivity index (χ1) is 7.61. The highest BCUT2D eigenvalue weighted by molar-refractivity contribution is 5.00. The number of epoxide rings is 2. The van der Waals surface area contributed by atoms with Crippen molar-refractivity contribution in [2.45, 2.75) is 56.5 Å². The molecule has 2 aliphatic heterocycles. The Hall–Kier alpha value is -0.160. The van der Waals surface area contributed by atoms with Crippen molar-refractivity contribution in [2.75, 3.05) is 13.2 Å². The smallest absolute Gasteiger partial charge is 0.168 e. The Morgan fingerprint density at radius 2 is 1.44 bits per heavy atom. The quantitative estimate of drug-likeness (QED) is 0.552. The Labute approximate surface area is 95.6 Å². The van der Waals surface area contributed by atoms with E-state index in [-0.39, 0.29) is 12.2 Å². The number of rotatable bonds is 4. The lowest BCUT2D eigenvalue weighted by Gasteiger charge is -2.47. The topological polar surface area (TPSA) is 65.5 Å². The number of hydrogen-bond donors (Lipinski definition) is 2. The van der Waals surface area contributed by atoms with Gasteiger partial charge in [0.05, 0.1) is 25.4 Å². The standard InChI is InChI=1S/C12H20O4/c13-12(14)4-2-1-3-11(12,5-9-7-15-9)6-10-8-16-10/h9-10,13-14H,1-8H2. The third-order valence-corrected chi connectivity index (χ3v) is 4.32. The lowest BCUT2D eigenvalue weighted by molar-refractivity contribution is -0.268. The molecular weight excluding hydrogens is 208 g/mol. The minimum Gasteiger partial charge on any atom is -0.373 e. The highest BCUT2D eigenvalue weighted by Gasteiger charge is 2.55. The fourth-order valence-electron chi connectivity index (χ4n) is 3.16. The summed E-state index contributed by atoms with van der Waals surface area (Å²) in [6.45, 7) is 1.56. The van der Waals surface area contributed by atoms with E-state index in [0.29, 0.717) is 6.42 Å². The van der Waals surface area contributed by atoms with Gasteiger partial charge < -0.3 is 19.7 Å². The van der Waals surface area contributed by atoms with Crippen molar-refractivity contribution in [1.29, 1.82) is 0 Å². The fourth-order valence-corrected chi connectivity index (χ4v) is 3.16. The van der Waals surface area contributed by atoms with Gasteiger partial charge in [-0.15, -0.1) is 0 Å². The number of ether oxygens (including phenoxy) is 2. The van der Waals surface area contributed by atoms with Gasteiger partial charge in [-0.2, -0.15) is 0 Å². The Bertz CT molecular complexity index is 254.